The molecule has 0 fully saturated rings. The summed E-state index contributed by atoms with van der Waals surface area (Å²) in [7, 11) is 0. The molecule has 1 heterocycles. The van der Waals surface area contributed by atoms with Gasteiger partial charge in [-0.2, -0.15) is 4.90 Å². The first-order chi connectivity index (χ1) is 14.5. The van der Waals surface area contributed by atoms with Crippen LogP contribution < -0.4 is 15.5 Å². The summed E-state index contributed by atoms with van der Waals surface area (Å²) in [5, 5.41) is 14.5. The molecule has 0 unspecified atom stereocenters. The molecule has 4 amide bonds. The van der Waals surface area contributed by atoms with Gasteiger partial charge in [-0.3, -0.25) is 0 Å². The average molecular weight is 407 g/mol. The summed E-state index contributed by atoms with van der Waals surface area (Å²) in [6, 6.07) is 18.2. The zero-order valence-electron chi connectivity index (χ0n) is 16.3. The third-order valence-corrected chi connectivity index (χ3v) is 4.30. The third kappa shape index (κ3) is 5.05. The number of rotatable bonds is 6. The number of anilines is 1. The first-order valence-corrected chi connectivity index (χ1v) is 9.23. The van der Waals surface area contributed by atoms with Crippen LogP contribution in [0.5, 0.6) is 0 Å². The molecule has 0 bridgehead atoms. The maximum absolute atomic E-state index is 12.8. The molecule has 0 aliphatic heterocycles. The largest absolute Gasteiger partial charge is 0.475 e. The zero-order chi connectivity index (χ0) is 21.5. The van der Waals surface area contributed by atoms with Crippen molar-refractivity contribution in [1.29, 1.82) is 0 Å². The molecule has 3 N–H and O–H groups in total. The smallest absolute Gasteiger partial charge is 0.372 e. The van der Waals surface area contributed by atoms with Crippen LogP contribution in [0.4, 0.5) is 15.5 Å². The van der Waals surface area contributed by atoms with E-state index >= 15 is 0 Å². The standard InChI is InChI=1S/C22H21N3O5/c1-15-12-18(30-19(15)20(26)27)25(21(28)23-13-16-8-4-2-5-9-16)22(29)24-14-17-10-6-3-7-11-17/h2-12H,13-14H2,1H3,(H,23,28)(H,24,29)(H,26,27). The van der Waals surface area contributed by atoms with E-state index < -0.39 is 18.0 Å². The Morgan fingerprint density at radius 2 is 1.33 bits per heavy atom. The Balaban J connectivity index is 1.80. The molecule has 0 radical (unpaired) electrons. The predicted octanol–water partition coefficient (Wildman–Crippen LogP) is 3.91. The van der Waals surface area contributed by atoms with Gasteiger partial charge in [0.1, 0.15) is 0 Å². The van der Waals surface area contributed by atoms with Crippen molar-refractivity contribution in [2.45, 2.75) is 20.0 Å². The summed E-state index contributed by atoms with van der Waals surface area (Å²) in [6.45, 7) is 1.90. The van der Waals surface area contributed by atoms with Gasteiger partial charge in [0, 0.05) is 24.7 Å². The fourth-order valence-electron chi connectivity index (χ4n) is 2.79. The van der Waals surface area contributed by atoms with E-state index in [1.54, 1.807) is 0 Å². The summed E-state index contributed by atoms with van der Waals surface area (Å²) in [4.78, 5) is 37.7. The van der Waals surface area contributed by atoms with Crippen molar-refractivity contribution in [2.75, 3.05) is 4.90 Å². The van der Waals surface area contributed by atoms with Crippen LogP contribution in [0.2, 0.25) is 0 Å². The summed E-state index contributed by atoms with van der Waals surface area (Å²) >= 11 is 0. The second-order valence-corrected chi connectivity index (χ2v) is 6.53. The highest BCUT2D eigenvalue weighted by Crippen LogP contribution is 2.23. The number of nitrogens with one attached hydrogen (secondary N) is 2. The molecule has 0 aliphatic rings. The minimum absolute atomic E-state index is 0.180. The Kier molecular flexibility index (Phi) is 6.49. The van der Waals surface area contributed by atoms with Gasteiger partial charge in [0.15, 0.2) is 0 Å². The maximum atomic E-state index is 12.8. The van der Waals surface area contributed by atoms with E-state index in [0.717, 1.165) is 16.0 Å². The maximum Gasteiger partial charge on any atom is 0.372 e. The number of benzene rings is 2. The van der Waals surface area contributed by atoms with E-state index in [2.05, 4.69) is 10.6 Å². The van der Waals surface area contributed by atoms with Gasteiger partial charge in [-0.25, -0.2) is 14.4 Å². The molecule has 0 spiro atoms. The Morgan fingerprint density at radius 1 is 0.867 bits per heavy atom. The van der Waals surface area contributed by atoms with E-state index in [9.17, 15) is 19.5 Å². The number of aromatic carboxylic acids is 1. The van der Waals surface area contributed by atoms with Gasteiger partial charge < -0.3 is 20.2 Å². The number of imide groups is 1. The number of nitrogens with zero attached hydrogens (tertiary/aromatic N) is 1. The molecule has 3 rings (SSSR count). The van der Waals surface area contributed by atoms with Gasteiger partial charge >= 0.3 is 18.0 Å². The second kappa shape index (κ2) is 9.42. The van der Waals surface area contributed by atoms with Crippen LogP contribution in [0.15, 0.2) is 71.1 Å². The molecule has 0 saturated carbocycles. The minimum atomic E-state index is -1.28. The number of furan rings is 1. The van der Waals surface area contributed by atoms with Gasteiger partial charge in [0.25, 0.3) is 0 Å². The van der Waals surface area contributed by atoms with Crippen molar-refractivity contribution in [3.8, 4) is 0 Å². The number of hydrogen-bond donors (Lipinski definition) is 3. The fourth-order valence-corrected chi connectivity index (χ4v) is 2.79. The van der Waals surface area contributed by atoms with Gasteiger partial charge in [0.2, 0.25) is 11.6 Å². The first kappa shape index (κ1) is 20.7. The molecule has 1 aromatic heterocycles. The van der Waals surface area contributed by atoms with Gasteiger partial charge in [-0.15, -0.1) is 0 Å². The molecule has 3 aromatic rings. The molecule has 30 heavy (non-hydrogen) atoms. The Hall–Kier alpha value is -4.07. The molecule has 154 valence electrons. The monoisotopic (exact) mass is 407 g/mol. The predicted molar refractivity (Wildman–Crippen MR) is 110 cm³/mol. The van der Waals surface area contributed by atoms with Crippen LogP contribution >= 0.6 is 0 Å². The Morgan fingerprint density at radius 3 is 1.73 bits per heavy atom. The number of amides is 4. The number of carbonyl (C=O) groups is 3. The number of aryl methyl sites for hydroxylation is 1. The van der Waals surface area contributed by atoms with Crippen molar-refractivity contribution in [1.82, 2.24) is 10.6 Å². The SMILES string of the molecule is Cc1cc(N(C(=O)NCc2ccccc2)C(=O)NCc2ccccc2)oc1C(=O)O. The van der Waals surface area contributed by atoms with Crippen molar-refractivity contribution < 1.29 is 23.9 Å². The van der Waals surface area contributed by atoms with E-state index in [4.69, 9.17) is 4.42 Å². The van der Waals surface area contributed by atoms with Crippen LogP contribution in [0, 0.1) is 6.92 Å². The van der Waals surface area contributed by atoms with Crippen LogP contribution in [0.3, 0.4) is 0 Å². The number of hydrogen-bond acceptors (Lipinski definition) is 4. The van der Waals surface area contributed by atoms with Crippen molar-refractivity contribution in [3.63, 3.8) is 0 Å². The van der Waals surface area contributed by atoms with Crippen LogP contribution in [-0.2, 0) is 13.1 Å². The Bertz CT molecular complexity index is 976. The van der Waals surface area contributed by atoms with E-state index in [0.29, 0.717) is 5.56 Å². The lowest BCUT2D eigenvalue weighted by Gasteiger charge is -2.19. The zero-order valence-corrected chi connectivity index (χ0v) is 16.3. The molecule has 0 saturated heterocycles. The van der Waals surface area contributed by atoms with E-state index in [1.165, 1.54) is 13.0 Å². The van der Waals surface area contributed by atoms with Gasteiger partial charge in [-0.05, 0) is 18.1 Å². The lowest BCUT2D eigenvalue weighted by molar-refractivity contribution is 0.0662. The van der Waals surface area contributed by atoms with Crippen LogP contribution in [-0.4, -0.2) is 23.1 Å². The average Bonchev–Trinajstić information content (AvgIpc) is 3.13. The van der Waals surface area contributed by atoms with E-state index in [1.807, 2.05) is 60.7 Å². The number of carboxylic acid groups (broad SMARTS) is 1. The molecule has 2 aromatic carbocycles. The molecule has 8 heteroatoms. The van der Waals surface area contributed by atoms with Crippen molar-refractivity contribution >= 4 is 23.9 Å². The van der Waals surface area contributed by atoms with Crippen molar-refractivity contribution in [2.24, 2.45) is 0 Å². The van der Waals surface area contributed by atoms with Crippen LogP contribution in [0.25, 0.3) is 0 Å². The summed E-state index contributed by atoms with van der Waals surface area (Å²) in [5.41, 5.74) is 1.99. The number of carbonyl (C=O) groups excluding carboxylic acids is 2. The highest BCUT2D eigenvalue weighted by atomic mass is 16.4. The summed E-state index contributed by atoms with van der Waals surface area (Å²) in [6.07, 6.45) is 0. The highest BCUT2D eigenvalue weighted by molar-refractivity contribution is 6.12. The second-order valence-electron chi connectivity index (χ2n) is 6.53. The number of carboxylic acids is 1. The molecular weight excluding hydrogens is 386 g/mol. The first-order valence-electron chi connectivity index (χ1n) is 9.23. The van der Waals surface area contributed by atoms with Crippen molar-refractivity contribution in [3.05, 3.63) is 89.2 Å². The lowest BCUT2D eigenvalue weighted by Crippen LogP contribution is -2.48. The quantitative estimate of drug-likeness (QED) is 0.574. The van der Waals surface area contributed by atoms with Gasteiger partial charge in [-0.1, -0.05) is 60.7 Å². The number of urea groups is 2. The highest BCUT2D eigenvalue weighted by Gasteiger charge is 2.28. The Labute approximate surface area is 173 Å². The molecule has 0 aliphatic carbocycles. The summed E-state index contributed by atoms with van der Waals surface area (Å²) < 4.78 is 5.29. The normalized spacial score (nSPS) is 10.3. The lowest BCUT2D eigenvalue weighted by atomic mass is 10.2. The van der Waals surface area contributed by atoms with E-state index in [-0.39, 0.29) is 24.7 Å². The topological polar surface area (TPSA) is 112 Å². The molecule has 8 nitrogen and oxygen atoms in total. The fraction of sp³-hybridized carbons (Fsp3) is 0.136. The molecule has 0 atom stereocenters. The summed E-state index contributed by atoms with van der Waals surface area (Å²) in [5.74, 6) is -1.80. The van der Waals surface area contributed by atoms with Gasteiger partial charge in [0.05, 0.1) is 0 Å². The third-order valence-electron chi connectivity index (χ3n) is 4.30. The van der Waals surface area contributed by atoms with Crippen LogP contribution in [0.1, 0.15) is 27.2 Å². The molecular formula is C22H21N3O5. The minimum Gasteiger partial charge on any atom is -0.475 e.